The molecular weight excluding hydrogens is 238 g/mol. The maximum absolute atomic E-state index is 11.0. The Morgan fingerprint density at radius 3 is 2.94 bits per heavy atom. The second kappa shape index (κ2) is 5.76. The van der Waals surface area contributed by atoms with Crippen molar-refractivity contribution in [3.05, 3.63) is 40.6 Å². The molecule has 0 radical (unpaired) electrons. The molecule has 0 aliphatic carbocycles. The van der Waals surface area contributed by atoms with Crippen LogP contribution < -0.4 is 5.32 Å². The highest BCUT2D eigenvalue weighted by molar-refractivity contribution is 5.94. The standard InChI is InChI=1S/C11H13N3O4/c1-3-4-7(2)13-9-6-12-10(14(17)18)5-8(9)11(15)16/h3,5-7,13H,1,4H2,2H3,(H,15,16). The predicted octanol–water partition coefficient (Wildman–Crippen LogP) is 2.06. The first-order valence-electron chi connectivity index (χ1n) is 5.21. The topological polar surface area (TPSA) is 105 Å². The Morgan fingerprint density at radius 1 is 1.78 bits per heavy atom. The molecule has 1 aromatic heterocycles. The average Bonchev–Trinajstić information content (AvgIpc) is 2.29. The van der Waals surface area contributed by atoms with Crippen LogP contribution in [0.3, 0.4) is 0 Å². The second-order valence-corrected chi connectivity index (χ2v) is 3.72. The number of nitrogens with zero attached hydrogens (tertiary/aromatic N) is 2. The number of anilines is 1. The zero-order valence-corrected chi connectivity index (χ0v) is 9.79. The Morgan fingerprint density at radius 2 is 2.44 bits per heavy atom. The lowest BCUT2D eigenvalue weighted by Gasteiger charge is -2.13. The molecular formula is C11H13N3O4. The van der Waals surface area contributed by atoms with Gasteiger partial charge in [0.1, 0.15) is 0 Å². The summed E-state index contributed by atoms with van der Waals surface area (Å²) in [5, 5.41) is 22.5. The van der Waals surface area contributed by atoms with Crippen molar-refractivity contribution in [3.63, 3.8) is 0 Å². The number of rotatable bonds is 6. The van der Waals surface area contributed by atoms with Gasteiger partial charge in [0.25, 0.3) is 0 Å². The fourth-order valence-corrected chi connectivity index (χ4v) is 1.41. The van der Waals surface area contributed by atoms with Crippen LogP contribution in [0.15, 0.2) is 24.9 Å². The van der Waals surface area contributed by atoms with Gasteiger partial charge < -0.3 is 20.5 Å². The molecule has 2 N–H and O–H groups in total. The molecule has 0 saturated heterocycles. The molecule has 0 fully saturated rings. The second-order valence-electron chi connectivity index (χ2n) is 3.72. The van der Waals surface area contributed by atoms with E-state index in [9.17, 15) is 14.9 Å². The Kier molecular flexibility index (Phi) is 4.36. The molecule has 1 aromatic rings. The van der Waals surface area contributed by atoms with Crippen molar-refractivity contribution < 1.29 is 14.8 Å². The van der Waals surface area contributed by atoms with Crippen LogP contribution in [0.1, 0.15) is 23.7 Å². The first-order chi connectivity index (χ1) is 8.45. The van der Waals surface area contributed by atoms with E-state index < -0.39 is 16.7 Å². The third-order valence-electron chi connectivity index (χ3n) is 2.23. The Balaban J connectivity index is 3.07. The monoisotopic (exact) mass is 251 g/mol. The summed E-state index contributed by atoms with van der Waals surface area (Å²) in [6.07, 6.45) is 3.48. The zero-order valence-electron chi connectivity index (χ0n) is 9.79. The van der Waals surface area contributed by atoms with E-state index in [0.29, 0.717) is 6.42 Å². The van der Waals surface area contributed by atoms with Gasteiger partial charge in [0.15, 0.2) is 6.20 Å². The molecule has 0 bridgehead atoms. The van der Waals surface area contributed by atoms with Crippen molar-refractivity contribution in [3.8, 4) is 0 Å². The first kappa shape index (κ1) is 13.6. The number of nitro groups is 1. The number of carboxylic acid groups (broad SMARTS) is 1. The number of pyridine rings is 1. The summed E-state index contributed by atoms with van der Waals surface area (Å²) in [7, 11) is 0. The number of carboxylic acids is 1. The normalized spacial score (nSPS) is 11.6. The summed E-state index contributed by atoms with van der Waals surface area (Å²) in [4.78, 5) is 24.4. The van der Waals surface area contributed by atoms with Crippen molar-refractivity contribution in [2.75, 3.05) is 5.32 Å². The van der Waals surface area contributed by atoms with E-state index in [1.165, 1.54) is 0 Å². The van der Waals surface area contributed by atoms with Gasteiger partial charge in [0.2, 0.25) is 0 Å². The van der Waals surface area contributed by atoms with Crippen molar-refractivity contribution in [1.29, 1.82) is 0 Å². The van der Waals surface area contributed by atoms with Gasteiger partial charge in [-0.25, -0.2) is 4.79 Å². The van der Waals surface area contributed by atoms with Gasteiger partial charge in [0.05, 0.1) is 17.3 Å². The molecule has 0 aliphatic heterocycles. The number of nitrogens with one attached hydrogen (secondary N) is 1. The minimum atomic E-state index is -1.24. The molecule has 7 nitrogen and oxygen atoms in total. The van der Waals surface area contributed by atoms with E-state index in [2.05, 4.69) is 16.9 Å². The molecule has 0 aliphatic rings. The number of carbonyl (C=O) groups is 1. The molecule has 1 rings (SSSR count). The van der Waals surface area contributed by atoms with Crippen LogP contribution in [0.5, 0.6) is 0 Å². The van der Waals surface area contributed by atoms with Crippen molar-refractivity contribution in [2.45, 2.75) is 19.4 Å². The Hall–Kier alpha value is -2.44. The third kappa shape index (κ3) is 3.27. The Labute approximate surface area is 103 Å². The van der Waals surface area contributed by atoms with Gasteiger partial charge >= 0.3 is 11.8 Å². The fourth-order valence-electron chi connectivity index (χ4n) is 1.41. The van der Waals surface area contributed by atoms with Crippen LogP contribution >= 0.6 is 0 Å². The molecule has 0 spiro atoms. The first-order valence-corrected chi connectivity index (χ1v) is 5.21. The van der Waals surface area contributed by atoms with Gasteiger partial charge in [-0.15, -0.1) is 6.58 Å². The van der Waals surface area contributed by atoms with Gasteiger partial charge in [0, 0.05) is 6.04 Å². The molecule has 1 atom stereocenters. The summed E-state index contributed by atoms with van der Waals surface area (Å²) in [6, 6.07) is 0.898. The zero-order chi connectivity index (χ0) is 13.7. The average molecular weight is 251 g/mol. The largest absolute Gasteiger partial charge is 0.478 e. The highest BCUT2D eigenvalue weighted by Gasteiger charge is 2.18. The van der Waals surface area contributed by atoms with E-state index in [0.717, 1.165) is 12.3 Å². The van der Waals surface area contributed by atoms with Crippen LogP contribution in [-0.2, 0) is 0 Å². The van der Waals surface area contributed by atoms with Gasteiger partial charge in [-0.2, -0.15) is 0 Å². The summed E-state index contributed by atoms with van der Waals surface area (Å²) >= 11 is 0. The number of hydrogen-bond acceptors (Lipinski definition) is 5. The van der Waals surface area contributed by atoms with Crippen LogP contribution in [0, 0.1) is 10.1 Å². The summed E-state index contributed by atoms with van der Waals surface area (Å²) < 4.78 is 0. The van der Waals surface area contributed by atoms with E-state index in [1.807, 2.05) is 6.92 Å². The molecule has 1 heterocycles. The summed E-state index contributed by atoms with van der Waals surface area (Å²) in [5.41, 5.74) is 0.0788. The van der Waals surface area contributed by atoms with E-state index in [4.69, 9.17) is 5.11 Å². The smallest absolute Gasteiger partial charge is 0.364 e. The van der Waals surface area contributed by atoms with Gasteiger partial charge in [-0.1, -0.05) is 6.08 Å². The number of aromatic carboxylic acids is 1. The van der Waals surface area contributed by atoms with Crippen LogP contribution in [0.2, 0.25) is 0 Å². The highest BCUT2D eigenvalue weighted by atomic mass is 16.6. The minimum absolute atomic E-state index is 0.0381. The van der Waals surface area contributed by atoms with E-state index in [-0.39, 0.29) is 17.3 Å². The number of hydrogen-bond donors (Lipinski definition) is 2. The molecule has 0 saturated carbocycles. The van der Waals surface area contributed by atoms with Crippen LogP contribution in [-0.4, -0.2) is 27.0 Å². The van der Waals surface area contributed by atoms with E-state index >= 15 is 0 Å². The maximum Gasteiger partial charge on any atom is 0.364 e. The van der Waals surface area contributed by atoms with Crippen LogP contribution in [0.25, 0.3) is 0 Å². The molecule has 0 amide bonds. The SMILES string of the molecule is C=CCC(C)Nc1cnc([N+](=O)[O-])cc1C(=O)O. The molecule has 96 valence electrons. The lowest BCUT2D eigenvalue weighted by Crippen LogP contribution is -2.17. The minimum Gasteiger partial charge on any atom is -0.478 e. The number of aromatic nitrogens is 1. The quantitative estimate of drug-likeness (QED) is 0.455. The molecule has 7 heteroatoms. The summed E-state index contributed by atoms with van der Waals surface area (Å²) in [6.45, 7) is 5.42. The lowest BCUT2D eigenvalue weighted by molar-refractivity contribution is -0.389. The molecule has 0 aromatic carbocycles. The van der Waals surface area contributed by atoms with Gasteiger partial charge in [-0.3, -0.25) is 0 Å². The van der Waals surface area contributed by atoms with E-state index in [1.54, 1.807) is 6.08 Å². The summed E-state index contributed by atoms with van der Waals surface area (Å²) in [5.74, 6) is -1.73. The van der Waals surface area contributed by atoms with Crippen molar-refractivity contribution in [2.24, 2.45) is 0 Å². The Bertz CT molecular complexity index is 487. The predicted molar refractivity (Wildman–Crippen MR) is 65.7 cm³/mol. The lowest BCUT2D eigenvalue weighted by atomic mass is 10.1. The third-order valence-corrected chi connectivity index (χ3v) is 2.23. The highest BCUT2D eigenvalue weighted by Crippen LogP contribution is 2.20. The fraction of sp³-hybridized carbons (Fsp3) is 0.273. The van der Waals surface area contributed by atoms with Crippen LogP contribution in [0.4, 0.5) is 11.5 Å². The van der Waals surface area contributed by atoms with Gasteiger partial charge in [-0.05, 0) is 23.3 Å². The molecule has 1 unspecified atom stereocenters. The maximum atomic E-state index is 11.0. The van der Waals surface area contributed by atoms with Crippen molar-refractivity contribution >= 4 is 17.5 Å². The van der Waals surface area contributed by atoms with Crippen molar-refractivity contribution in [1.82, 2.24) is 4.98 Å². The molecule has 18 heavy (non-hydrogen) atoms.